The molecule has 3 rings (SSSR count). The highest BCUT2D eigenvalue weighted by atomic mass is 16.6. The van der Waals surface area contributed by atoms with Crippen molar-refractivity contribution in [2.24, 2.45) is 5.92 Å². The zero-order valence-corrected chi connectivity index (χ0v) is 11.8. The van der Waals surface area contributed by atoms with Crippen LogP contribution in [0.4, 0.5) is 17.5 Å². The summed E-state index contributed by atoms with van der Waals surface area (Å²) in [5.74, 6) is 1.61. The van der Waals surface area contributed by atoms with Crippen molar-refractivity contribution in [3.05, 3.63) is 15.8 Å². The first kappa shape index (κ1) is 13.1. The molecule has 1 aromatic heterocycles. The lowest BCUT2D eigenvalue weighted by molar-refractivity contribution is -0.385. The van der Waals surface area contributed by atoms with Gasteiger partial charge < -0.3 is 10.2 Å². The number of hydrogen-bond donors (Lipinski definition) is 1. The van der Waals surface area contributed by atoms with E-state index in [1.807, 2.05) is 0 Å². The summed E-state index contributed by atoms with van der Waals surface area (Å²) in [5.41, 5.74) is 0.474. The van der Waals surface area contributed by atoms with Crippen LogP contribution < -0.4 is 10.2 Å². The van der Waals surface area contributed by atoms with Gasteiger partial charge in [0.1, 0.15) is 5.69 Å². The fourth-order valence-corrected chi connectivity index (χ4v) is 2.45. The van der Waals surface area contributed by atoms with Crippen LogP contribution in [-0.4, -0.2) is 34.5 Å². The van der Waals surface area contributed by atoms with Crippen LogP contribution in [0.15, 0.2) is 0 Å². The Kier molecular flexibility index (Phi) is 3.19. The van der Waals surface area contributed by atoms with E-state index in [1.165, 1.54) is 12.8 Å². The van der Waals surface area contributed by atoms with Crippen LogP contribution in [0.25, 0.3) is 0 Å². The van der Waals surface area contributed by atoms with Gasteiger partial charge in [0.2, 0.25) is 11.8 Å². The summed E-state index contributed by atoms with van der Waals surface area (Å²) in [6, 6.07) is 0.410. The number of nitrogens with zero attached hydrogens (tertiary/aromatic N) is 4. The molecular weight excluding hydrogens is 258 g/mol. The Morgan fingerprint density at radius 1 is 1.35 bits per heavy atom. The maximum Gasteiger partial charge on any atom is 0.332 e. The number of hydrogen-bond acceptors (Lipinski definition) is 6. The average Bonchev–Trinajstić information content (AvgIpc) is 3.26. The van der Waals surface area contributed by atoms with Crippen molar-refractivity contribution in [2.45, 2.75) is 38.6 Å². The highest BCUT2D eigenvalue weighted by Gasteiger charge is 2.38. The largest absolute Gasteiger partial charge is 0.357 e. The molecule has 0 radical (unpaired) electrons. The Balaban J connectivity index is 2.02. The molecule has 0 bridgehead atoms. The van der Waals surface area contributed by atoms with Crippen molar-refractivity contribution in [1.82, 2.24) is 9.97 Å². The maximum atomic E-state index is 11.4. The Bertz CT molecular complexity index is 540. The molecule has 1 N–H and O–H groups in total. The van der Waals surface area contributed by atoms with Crippen molar-refractivity contribution >= 4 is 17.5 Å². The second-order valence-electron chi connectivity index (χ2n) is 5.64. The summed E-state index contributed by atoms with van der Waals surface area (Å²) in [6.45, 7) is 2.55. The van der Waals surface area contributed by atoms with Gasteiger partial charge in [-0.1, -0.05) is 0 Å². The summed E-state index contributed by atoms with van der Waals surface area (Å²) < 4.78 is 0. The monoisotopic (exact) mass is 277 g/mol. The van der Waals surface area contributed by atoms with E-state index in [-0.39, 0.29) is 10.6 Å². The molecule has 7 heteroatoms. The van der Waals surface area contributed by atoms with Crippen LogP contribution in [0.1, 0.15) is 31.4 Å². The van der Waals surface area contributed by atoms with E-state index in [4.69, 9.17) is 0 Å². The zero-order valence-electron chi connectivity index (χ0n) is 11.8. The summed E-state index contributed by atoms with van der Waals surface area (Å²) in [7, 11) is 1.73. The fourth-order valence-electron chi connectivity index (χ4n) is 2.45. The zero-order chi connectivity index (χ0) is 14.3. The Labute approximate surface area is 117 Å². The van der Waals surface area contributed by atoms with Gasteiger partial charge in [0.25, 0.3) is 0 Å². The molecule has 0 unspecified atom stereocenters. The van der Waals surface area contributed by atoms with Gasteiger partial charge in [-0.05, 0) is 38.5 Å². The topological polar surface area (TPSA) is 84.2 Å². The van der Waals surface area contributed by atoms with E-state index in [1.54, 1.807) is 14.0 Å². The third kappa shape index (κ3) is 2.52. The van der Waals surface area contributed by atoms with Crippen molar-refractivity contribution in [3.63, 3.8) is 0 Å². The predicted molar refractivity (Wildman–Crippen MR) is 76.1 cm³/mol. The van der Waals surface area contributed by atoms with Gasteiger partial charge in [-0.25, -0.2) is 4.98 Å². The maximum absolute atomic E-state index is 11.4. The lowest BCUT2D eigenvalue weighted by Crippen LogP contribution is -2.30. The summed E-state index contributed by atoms with van der Waals surface area (Å²) in [6.07, 6.45) is 4.64. The molecule has 20 heavy (non-hydrogen) atoms. The van der Waals surface area contributed by atoms with Crippen molar-refractivity contribution in [3.8, 4) is 0 Å². The summed E-state index contributed by atoms with van der Waals surface area (Å²) in [4.78, 5) is 21.7. The minimum Gasteiger partial charge on any atom is -0.357 e. The number of aryl methyl sites for hydroxylation is 1. The van der Waals surface area contributed by atoms with E-state index in [9.17, 15) is 10.1 Å². The Morgan fingerprint density at radius 2 is 2.05 bits per heavy atom. The highest BCUT2D eigenvalue weighted by Crippen LogP contribution is 2.41. The van der Waals surface area contributed by atoms with Gasteiger partial charge in [0.05, 0.1) is 4.92 Å². The first-order valence-electron chi connectivity index (χ1n) is 7.07. The smallest absolute Gasteiger partial charge is 0.332 e. The Morgan fingerprint density at radius 3 is 2.55 bits per heavy atom. The molecular formula is C13H19N5O2. The molecule has 2 aliphatic rings. The van der Waals surface area contributed by atoms with Crippen LogP contribution in [-0.2, 0) is 0 Å². The molecule has 0 amide bonds. The standard InChI is InChI=1S/C13H19N5O2/c1-8-11(18(19)20)12(16-13(14-2)15-8)17(10-5-6-10)7-9-3-4-9/h9-10H,3-7H2,1-2H3,(H,14,15,16). The van der Waals surface area contributed by atoms with Crippen LogP contribution in [0.5, 0.6) is 0 Å². The van der Waals surface area contributed by atoms with E-state index < -0.39 is 0 Å². The van der Waals surface area contributed by atoms with Gasteiger partial charge >= 0.3 is 5.69 Å². The summed E-state index contributed by atoms with van der Waals surface area (Å²) >= 11 is 0. The van der Waals surface area contributed by atoms with Gasteiger partial charge in [0.15, 0.2) is 0 Å². The molecule has 108 valence electrons. The minimum atomic E-state index is -0.355. The van der Waals surface area contributed by atoms with Crippen molar-refractivity contribution < 1.29 is 4.92 Å². The molecule has 0 atom stereocenters. The summed E-state index contributed by atoms with van der Waals surface area (Å²) in [5, 5.41) is 14.3. The van der Waals surface area contributed by atoms with Crippen molar-refractivity contribution in [2.75, 3.05) is 23.8 Å². The van der Waals surface area contributed by atoms with Crippen LogP contribution in [0, 0.1) is 23.0 Å². The SMILES string of the molecule is CNc1nc(C)c([N+](=O)[O-])c(N(CC2CC2)C2CC2)n1. The lowest BCUT2D eigenvalue weighted by Gasteiger charge is -2.23. The fraction of sp³-hybridized carbons (Fsp3) is 0.692. The molecule has 0 aliphatic heterocycles. The molecule has 0 saturated heterocycles. The first-order chi connectivity index (χ1) is 9.60. The number of nitro groups is 1. The average molecular weight is 277 g/mol. The highest BCUT2D eigenvalue weighted by molar-refractivity contribution is 5.63. The molecule has 2 fully saturated rings. The molecule has 1 aromatic rings. The van der Waals surface area contributed by atoms with Crippen LogP contribution >= 0.6 is 0 Å². The van der Waals surface area contributed by atoms with Gasteiger partial charge in [-0.2, -0.15) is 4.98 Å². The van der Waals surface area contributed by atoms with E-state index in [0.717, 1.165) is 19.4 Å². The second-order valence-corrected chi connectivity index (χ2v) is 5.64. The van der Waals surface area contributed by atoms with Crippen molar-refractivity contribution in [1.29, 1.82) is 0 Å². The molecule has 2 saturated carbocycles. The van der Waals surface area contributed by atoms with Crippen LogP contribution in [0.3, 0.4) is 0 Å². The lowest BCUT2D eigenvalue weighted by atomic mass is 10.3. The second kappa shape index (κ2) is 4.88. The first-order valence-corrected chi connectivity index (χ1v) is 7.07. The molecule has 0 aromatic carbocycles. The third-order valence-corrected chi connectivity index (χ3v) is 3.86. The minimum absolute atomic E-state index is 0.0524. The number of anilines is 2. The number of aromatic nitrogens is 2. The van der Waals surface area contributed by atoms with E-state index in [2.05, 4.69) is 20.2 Å². The Hall–Kier alpha value is -1.92. The van der Waals surface area contributed by atoms with Gasteiger partial charge in [0, 0.05) is 19.6 Å². The number of rotatable bonds is 6. The molecule has 7 nitrogen and oxygen atoms in total. The number of nitrogens with one attached hydrogen (secondary N) is 1. The third-order valence-electron chi connectivity index (χ3n) is 3.86. The predicted octanol–water partition coefficient (Wildman–Crippen LogP) is 2.11. The molecule has 0 spiro atoms. The van der Waals surface area contributed by atoms with E-state index >= 15 is 0 Å². The normalized spacial score (nSPS) is 17.9. The quantitative estimate of drug-likeness (QED) is 0.633. The van der Waals surface area contributed by atoms with E-state index in [0.29, 0.717) is 29.4 Å². The van der Waals surface area contributed by atoms with Crippen LogP contribution in [0.2, 0.25) is 0 Å². The van der Waals surface area contributed by atoms with Gasteiger partial charge in [-0.15, -0.1) is 0 Å². The molecule has 2 aliphatic carbocycles. The molecule has 1 heterocycles. The van der Waals surface area contributed by atoms with Gasteiger partial charge in [-0.3, -0.25) is 10.1 Å².